The van der Waals surface area contributed by atoms with Crippen LogP contribution >= 0.6 is 0 Å². The molecular weight excluding hydrogens is 456 g/mol. The van der Waals surface area contributed by atoms with Gasteiger partial charge in [-0.1, -0.05) is 50.2 Å². The Morgan fingerprint density at radius 3 is 2.65 bits per heavy atom. The van der Waals surface area contributed by atoms with E-state index in [4.69, 9.17) is 4.74 Å². The summed E-state index contributed by atoms with van der Waals surface area (Å²) in [5.74, 6) is 3.19. The lowest BCUT2D eigenvalue weighted by Crippen LogP contribution is -2.58. The molecule has 0 spiro atoms. The number of hydrogen-bond acceptors (Lipinski definition) is 3. The van der Waals surface area contributed by atoms with Crippen LogP contribution in [0.5, 0.6) is 11.5 Å². The van der Waals surface area contributed by atoms with E-state index >= 15 is 0 Å². The average Bonchev–Trinajstić information content (AvgIpc) is 3.73. The highest BCUT2D eigenvalue weighted by molar-refractivity contribution is 5.94. The monoisotopic (exact) mass is 494 g/mol. The first-order chi connectivity index (χ1) is 18.0. The Morgan fingerprint density at radius 1 is 1.03 bits per heavy atom. The van der Waals surface area contributed by atoms with Gasteiger partial charge in [-0.05, 0) is 109 Å². The maximum Gasteiger partial charge on any atom is 0.251 e. The molecule has 1 N–H and O–H groups in total. The predicted molar refractivity (Wildman–Crippen MR) is 148 cm³/mol. The van der Waals surface area contributed by atoms with Gasteiger partial charge in [0.2, 0.25) is 0 Å². The van der Waals surface area contributed by atoms with Crippen molar-refractivity contribution in [2.24, 2.45) is 11.8 Å². The van der Waals surface area contributed by atoms with Crippen molar-refractivity contribution in [2.75, 3.05) is 19.6 Å². The molecule has 192 valence electrons. The standard InChI is InChI=1S/C33H38N2O2/c1-23-31-21-26-13-14-27(20-30(26)33(23,2)16-18-35(31)22-25-11-12-25)32(36)34-17-15-24-7-6-10-29(19-24)37-28-8-4-3-5-9-28/h3-10,13-14,19-20,23,25,31H,11-12,15-18,21-22H2,1-2H3,(H,34,36)/t23-,31?,33-/m0/s1. The second-order valence-electron chi connectivity index (χ2n) is 11.6. The normalized spacial score (nSPS) is 24.8. The average molecular weight is 495 g/mol. The summed E-state index contributed by atoms with van der Waals surface area (Å²) in [5, 5.41) is 3.15. The minimum absolute atomic E-state index is 0.0176. The van der Waals surface area contributed by atoms with E-state index in [-0.39, 0.29) is 11.3 Å². The van der Waals surface area contributed by atoms with Crippen LogP contribution in [0.4, 0.5) is 0 Å². The number of piperidine rings is 1. The molecule has 1 unspecified atom stereocenters. The van der Waals surface area contributed by atoms with Crippen molar-refractivity contribution in [3.8, 4) is 11.5 Å². The van der Waals surface area contributed by atoms with Crippen LogP contribution in [0.2, 0.25) is 0 Å². The lowest BCUT2D eigenvalue weighted by atomic mass is 9.59. The van der Waals surface area contributed by atoms with E-state index in [0.29, 0.717) is 18.5 Å². The van der Waals surface area contributed by atoms with Crippen molar-refractivity contribution in [2.45, 2.75) is 57.4 Å². The number of benzene rings is 3. The Bertz CT molecular complexity index is 1270. The Kier molecular flexibility index (Phi) is 6.54. The minimum Gasteiger partial charge on any atom is -0.457 e. The first-order valence-electron chi connectivity index (χ1n) is 14.0. The Morgan fingerprint density at radius 2 is 1.84 bits per heavy atom. The van der Waals surface area contributed by atoms with Crippen LogP contribution in [0.25, 0.3) is 0 Å². The molecule has 6 rings (SSSR count). The predicted octanol–water partition coefficient (Wildman–Crippen LogP) is 6.39. The largest absolute Gasteiger partial charge is 0.457 e. The lowest BCUT2D eigenvalue weighted by molar-refractivity contribution is 0.0284. The fraction of sp³-hybridized carbons (Fsp3) is 0.424. The number of rotatable bonds is 8. The van der Waals surface area contributed by atoms with Gasteiger partial charge in [0.15, 0.2) is 0 Å². The summed E-state index contributed by atoms with van der Waals surface area (Å²) in [6.07, 6.45) is 5.88. The molecule has 3 aliphatic rings. The molecule has 2 aliphatic carbocycles. The highest BCUT2D eigenvalue weighted by atomic mass is 16.5. The van der Waals surface area contributed by atoms with Gasteiger partial charge in [-0.3, -0.25) is 9.69 Å². The number of nitrogens with one attached hydrogen (secondary N) is 1. The van der Waals surface area contributed by atoms with E-state index in [9.17, 15) is 4.79 Å². The zero-order valence-corrected chi connectivity index (χ0v) is 22.1. The summed E-state index contributed by atoms with van der Waals surface area (Å²) < 4.78 is 5.96. The Hall–Kier alpha value is -3.11. The number of para-hydroxylation sites is 1. The zero-order valence-electron chi connectivity index (χ0n) is 22.1. The first-order valence-corrected chi connectivity index (χ1v) is 14.0. The molecule has 0 radical (unpaired) electrons. The third-order valence-corrected chi connectivity index (χ3v) is 9.15. The molecule has 3 atom stereocenters. The number of likely N-dealkylation sites (tertiary alicyclic amines) is 1. The molecule has 0 aromatic heterocycles. The maximum absolute atomic E-state index is 13.1. The van der Waals surface area contributed by atoms with Gasteiger partial charge < -0.3 is 10.1 Å². The summed E-state index contributed by atoms with van der Waals surface area (Å²) in [7, 11) is 0. The molecule has 1 aliphatic heterocycles. The Labute approximate surface area is 221 Å². The van der Waals surface area contributed by atoms with Gasteiger partial charge in [0.05, 0.1) is 0 Å². The van der Waals surface area contributed by atoms with E-state index in [0.717, 1.165) is 41.4 Å². The van der Waals surface area contributed by atoms with Gasteiger partial charge in [-0.15, -0.1) is 0 Å². The molecule has 3 aromatic rings. The molecule has 3 aromatic carbocycles. The molecule has 37 heavy (non-hydrogen) atoms. The summed E-state index contributed by atoms with van der Waals surface area (Å²) in [5.41, 5.74) is 4.92. The molecule has 1 saturated heterocycles. The van der Waals surface area contributed by atoms with Gasteiger partial charge in [0.25, 0.3) is 5.91 Å². The fourth-order valence-electron chi connectivity index (χ4n) is 6.52. The van der Waals surface area contributed by atoms with Crippen LogP contribution in [-0.2, 0) is 18.3 Å². The number of ether oxygens (including phenoxy) is 1. The van der Waals surface area contributed by atoms with Crippen molar-refractivity contribution < 1.29 is 9.53 Å². The van der Waals surface area contributed by atoms with E-state index < -0.39 is 0 Å². The summed E-state index contributed by atoms with van der Waals surface area (Å²) in [6, 6.07) is 25.0. The second kappa shape index (κ2) is 9.98. The SMILES string of the molecule is C[C@H]1C2Cc3ccc(C(=O)NCCc4cccc(Oc5ccccc5)c4)cc3[C@@]1(C)CCN2CC1CC1. The molecule has 2 bridgehead atoms. The summed E-state index contributed by atoms with van der Waals surface area (Å²) >= 11 is 0. The van der Waals surface area contributed by atoms with Gasteiger partial charge in [0.1, 0.15) is 11.5 Å². The molecule has 4 heteroatoms. The maximum atomic E-state index is 13.1. The smallest absolute Gasteiger partial charge is 0.251 e. The van der Waals surface area contributed by atoms with Crippen molar-refractivity contribution in [1.29, 1.82) is 0 Å². The van der Waals surface area contributed by atoms with Crippen LogP contribution in [0.1, 0.15) is 60.2 Å². The third kappa shape index (κ3) is 5.04. The van der Waals surface area contributed by atoms with Gasteiger partial charge in [-0.25, -0.2) is 0 Å². The number of carbonyl (C=O) groups excluding carboxylic acids is 1. The Balaban J connectivity index is 1.09. The summed E-state index contributed by atoms with van der Waals surface area (Å²) in [4.78, 5) is 15.9. The molecule has 1 saturated carbocycles. The van der Waals surface area contributed by atoms with Crippen molar-refractivity contribution >= 4 is 5.91 Å². The molecule has 4 nitrogen and oxygen atoms in total. The van der Waals surface area contributed by atoms with Crippen molar-refractivity contribution in [3.63, 3.8) is 0 Å². The van der Waals surface area contributed by atoms with Crippen LogP contribution < -0.4 is 10.1 Å². The topological polar surface area (TPSA) is 41.6 Å². The van der Waals surface area contributed by atoms with Gasteiger partial charge in [-0.2, -0.15) is 0 Å². The van der Waals surface area contributed by atoms with E-state index in [1.165, 1.54) is 43.5 Å². The highest BCUT2D eigenvalue weighted by Crippen LogP contribution is 2.49. The van der Waals surface area contributed by atoms with Gasteiger partial charge in [0, 0.05) is 24.7 Å². The summed E-state index contributed by atoms with van der Waals surface area (Å²) in [6.45, 7) is 7.93. The van der Waals surface area contributed by atoms with Crippen molar-refractivity contribution in [3.05, 3.63) is 95.1 Å². The number of nitrogens with zero attached hydrogens (tertiary/aromatic N) is 1. The van der Waals surface area contributed by atoms with E-state index in [1.807, 2.05) is 54.6 Å². The molecular formula is C33H38N2O2. The van der Waals surface area contributed by atoms with Crippen molar-refractivity contribution in [1.82, 2.24) is 10.2 Å². The number of hydrogen-bond donors (Lipinski definition) is 1. The fourth-order valence-corrected chi connectivity index (χ4v) is 6.52. The molecule has 2 fully saturated rings. The quantitative estimate of drug-likeness (QED) is 0.395. The van der Waals surface area contributed by atoms with Crippen LogP contribution in [0, 0.1) is 11.8 Å². The number of fused-ring (bicyclic) bond motifs is 4. The first kappa shape index (κ1) is 24.2. The third-order valence-electron chi connectivity index (χ3n) is 9.15. The van der Waals surface area contributed by atoms with Crippen LogP contribution in [0.15, 0.2) is 72.8 Å². The van der Waals surface area contributed by atoms with E-state index in [2.05, 4.69) is 42.3 Å². The zero-order chi connectivity index (χ0) is 25.4. The minimum atomic E-state index is 0.0176. The second-order valence-corrected chi connectivity index (χ2v) is 11.6. The van der Waals surface area contributed by atoms with Crippen LogP contribution in [-0.4, -0.2) is 36.5 Å². The van der Waals surface area contributed by atoms with E-state index in [1.54, 1.807) is 0 Å². The lowest BCUT2D eigenvalue weighted by Gasteiger charge is -2.55. The number of carbonyl (C=O) groups is 1. The number of amides is 1. The highest BCUT2D eigenvalue weighted by Gasteiger charge is 2.49. The molecule has 1 heterocycles. The van der Waals surface area contributed by atoms with Gasteiger partial charge >= 0.3 is 0 Å². The van der Waals surface area contributed by atoms with Crippen LogP contribution in [0.3, 0.4) is 0 Å². The molecule has 1 amide bonds.